The zero-order valence-electron chi connectivity index (χ0n) is 12.4. The number of hydrogen-bond acceptors (Lipinski definition) is 5. The Morgan fingerprint density at radius 3 is 2.71 bits per heavy atom. The van der Waals surface area contributed by atoms with Crippen LogP contribution in [-0.2, 0) is 0 Å². The first-order valence-electron chi connectivity index (χ1n) is 7.56. The second kappa shape index (κ2) is 7.26. The number of aliphatic hydroxyl groups is 1. The number of nitrogens with one attached hydrogen (secondary N) is 1. The van der Waals surface area contributed by atoms with Gasteiger partial charge in [0.05, 0.1) is 11.5 Å². The van der Waals surface area contributed by atoms with Crippen molar-refractivity contribution in [1.29, 1.82) is 0 Å². The lowest BCUT2D eigenvalue weighted by Crippen LogP contribution is -2.42. The van der Waals surface area contributed by atoms with E-state index in [1.807, 2.05) is 6.07 Å². The smallest absolute Gasteiger partial charge is 0.273 e. The molecule has 1 aliphatic rings. The number of aliphatic hydroxyl groups excluding tert-OH is 1. The Morgan fingerprint density at radius 2 is 2.19 bits per heavy atom. The normalized spacial score (nSPS) is 14.6. The van der Waals surface area contributed by atoms with Crippen LogP contribution in [0.5, 0.6) is 0 Å². The Bertz CT molecular complexity index is 489. The SMILES string of the molecule is CCCNc1cc(N(CCO)C2CCC2)cc([N+](=O)[O-])c1. The van der Waals surface area contributed by atoms with Gasteiger partial charge in [-0.25, -0.2) is 0 Å². The average molecular weight is 293 g/mol. The van der Waals surface area contributed by atoms with Crippen LogP contribution in [0.4, 0.5) is 17.1 Å². The summed E-state index contributed by atoms with van der Waals surface area (Å²) in [7, 11) is 0. The van der Waals surface area contributed by atoms with Gasteiger partial charge in [-0.3, -0.25) is 10.1 Å². The molecule has 0 aliphatic heterocycles. The number of anilines is 2. The summed E-state index contributed by atoms with van der Waals surface area (Å²) in [6.07, 6.45) is 4.31. The molecule has 21 heavy (non-hydrogen) atoms. The molecule has 1 aromatic carbocycles. The number of nitro groups is 1. The summed E-state index contributed by atoms with van der Waals surface area (Å²) in [5.41, 5.74) is 1.68. The third kappa shape index (κ3) is 3.85. The van der Waals surface area contributed by atoms with E-state index in [9.17, 15) is 15.2 Å². The highest BCUT2D eigenvalue weighted by Crippen LogP contribution is 2.33. The van der Waals surface area contributed by atoms with E-state index in [2.05, 4.69) is 17.1 Å². The van der Waals surface area contributed by atoms with Gasteiger partial charge in [0.15, 0.2) is 0 Å². The summed E-state index contributed by atoms with van der Waals surface area (Å²) < 4.78 is 0. The van der Waals surface area contributed by atoms with Gasteiger partial charge in [-0.05, 0) is 31.7 Å². The average Bonchev–Trinajstić information content (AvgIpc) is 2.42. The molecule has 0 radical (unpaired) electrons. The minimum absolute atomic E-state index is 0.0525. The maximum absolute atomic E-state index is 11.1. The van der Waals surface area contributed by atoms with Gasteiger partial charge in [-0.1, -0.05) is 6.92 Å². The molecule has 0 unspecified atom stereocenters. The van der Waals surface area contributed by atoms with Crippen molar-refractivity contribution < 1.29 is 10.0 Å². The predicted octanol–water partition coefficient (Wildman–Crippen LogP) is 2.77. The fraction of sp³-hybridized carbons (Fsp3) is 0.600. The molecule has 1 aromatic rings. The van der Waals surface area contributed by atoms with Gasteiger partial charge in [-0.15, -0.1) is 0 Å². The Labute approximate surface area is 124 Å². The van der Waals surface area contributed by atoms with E-state index in [0.717, 1.165) is 37.2 Å². The van der Waals surface area contributed by atoms with Crippen LogP contribution >= 0.6 is 0 Å². The van der Waals surface area contributed by atoms with Crippen LogP contribution < -0.4 is 10.2 Å². The van der Waals surface area contributed by atoms with Gasteiger partial charge in [0.1, 0.15) is 0 Å². The number of hydrogen-bond donors (Lipinski definition) is 2. The van der Waals surface area contributed by atoms with E-state index >= 15 is 0 Å². The minimum atomic E-state index is -0.363. The molecule has 0 spiro atoms. The quantitative estimate of drug-likeness (QED) is 0.569. The highest BCUT2D eigenvalue weighted by molar-refractivity contribution is 5.65. The molecule has 6 heteroatoms. The number of rotatable bonds is 8. The predicted molar refractivity (Wildman–Crippen MR) is 83.9 cm³/mol. The van der Waals surface area contributed by atoms with Crippen molar-refractivity contribution in [1.82, 2.24) is 0 Å². The van der Waals surface area contributed by atoms with Crippen molar-refractivity contribution >= 4 is 17.1 Å². The first-order valence-corrected chi connectivity index (χ1v) is 7.56. The third-order valence-corrected chi connectivity index (χ3v) is 3.88. The van der Waals surface area contributed by atoms with Crippen LogP contribution in [-0.4, -0.2) is 35.8 Å². The molecular formula is C15H23N3O3. The molecule has 1 saturated carbocycles. The van der Waals surface area contributed by atoms with Crippen LogP contribution in [0.2, 0.25) is 0 Å². The van der Waals surface area contributed by atoms with Crippen LogP contribution in [0.15, 0.2) is 18.2 Å². The zero-order valence-corrected chi connectivity index (χ0v) is 12.4. The summed E-state index contributed by atoms with van der Waals surface area (Å²) in [4.78, 5) is 12.9. The molecule has 0 bridgehead atoms. The molecule has 116 valence electrons. The molecule has 0 heterocycles. The minimum Gasteiger partial charge on any atom is -0.395 e. The molecule has 0 saturated heterocycles. The van der Waals surface area contributed by atoms with E-state index in [-0.39, 0.29) is 17.2 Å². The van der Waals surface area contributed by atoms with E-state index in [1.54, 1.807) is 12.1 Å². The Hall–Kier alpha value is -1.82. The van der Waals surface area contributed by atoms with Gasteiger partial charge >= 0.3 is 0 Å². The Balaban J connectivity index is 2.29. The van der Waals surface area contributed by atoms with Crippen molar-refractivity contribution in [2.75, 3.05) is 29.9 Å². The Morgan fingerprint density at radius 1 is 1.43 bits per heavy atom. The molecule has 2 N–H and O–H groups in total. The van der Waals surface area contributed by atoms with Crippen molar-refractivity contribution in [2.45, 2.75) is 38.6 Å². The number of nitro benzene ring substituents is 1. The van der Waals surface area contributed by atoms with Gasteiger partial charge in [0, 0.05) is 42.6 Å². The topological polar surface area (TPSA) is 78.6 Å². The fourth-order valence-corrected chi connectivity index (χ4v) is 2.57. The van der Waals surface area contributed by atoms with Crippen LogP contribution in [0.3, 0.4) is 0 Å². The van der Waals surface area contributed by atoms with E-state index in [1.165, 1.54) is 6.42 Å². The lowest BCUT2D eigenvalue weighted by Gasteiger charge is -2.39. The number of benzene rings is 1. The summed E-state index contributed by atoms with van der Waals surface area (Å²) in [6, 6.07) is 5.50. The maximum Gasteiger partial charge on any atom is 0.273 e. The zero-order chi connectivity index (χ0) is 15.2. The van der Waals surface area contributed by atoms with Crippen molar-refractivity contribution in [3.8, 4) is 0 Å². The number of non-ortho nitro benzene ring substituents is 1. The van der Waals surface area contributed by atoms with Crippen molar-refractivity contribution in [3.63, 3.8) is 0 Å². The van der Waals surface area contributed by atoms with Gasteiger partial charge in [0.25, 0.3) is 5.69 Å². The Kier molecular flexibility index (Phi) is 5.38. The second-order valence-electron chi connectivity index (χ2n) is 5.42. The molecule has 0 atom stereocenters. The fourth-order valence-electron chi connectivity index (χ4n) is 2.57. The van der Waals surface area contributed by atoms with E-state index in [0.29, 0.717) is 12.6 Å². The summed E-state index contributed by atoms with van der Waals surface area (Å²) >= 11 is 0. The van der Waals surface area contributed by atoms with Crippen molar-refractivity contribution in [2.24, 2.45) is 0 Å². The second-order valence-corrected chi connectivity index (χ2v) is 5.42. The van der Waals surface area contributed by atoms with Gasteiger partial charge in [-0.2, -0.15) is 0 Å². The molecular weight excluding hydrogens is 270 g/mol. The highest BCUT2D eigenvalue weighted by atomic mass is 16.6. The summed E-state index contributed by atoms with van der Waals surface area (Å²) in [6.45, 7) is 3.40. The van der Waals surface area contributed by atoms with Crippen LogP contribution in [0.25, 0.3) is 0 Å². The van der Waals surface area contributed by atoms with E-state index < -0.39 is 0 Å². The van der Waals surface area contributed by atoms with Gasteiger partial charge < -0.3 is 15.3 Å². The largest absolute Gasteiger partial charge is 0.395 e. The van der Waals surface area contributed by atoms with Crippen LogP contribution in [0, 0.1) is 10.1 Å². The molecule has 1 aliphatic carbocycles. The molecule has 0 amide bonds. The van der Waals surface area contributed by atoms with E-state index in [4.69, 9.17) is 0 Å². The molecule has 2 rings (SSSR count). The highest BCUT2D eigenvalue weighted by Gasteiger charge is 2.26. The van der Waals surface area contributed by atoms with Gasteiger partial charge in [0.2, 0.25) is 0 Å². The summed E-state index contributed by atoms with van der Waals surface area (Å²) in [5.74, 6) is 0. The molecule has 0 aromatic heterocycles. The maximum atomic E-state index is 11.1. The lowest BCUT2D eigenvalue weighted by molar-refractivity contribution is -0.384. The lowest BCUT2D eigenvalue weighted by atomic mass is 9.91. The molecule has 6 nitrogen and oxygen atoms in total. The first-order chi connectivity index (χ1) is 10.2. The first kappa shape index (κ1) is 15.6. The van der Waals surface area contributed by atoms with Crippen molar-refractivity contribution in [3.05, 3.63) is 28.3 Å². The standard InChI is InChI=1S/C15H23N3O3/c1-2-6-16-12-9-14(11-15(10-12)18(20)21)17(7-8-19)13-4-3-5-13/h9-11,13,16,19H,2-8H2,1H3. The molecule has 1 fully saturated rings. The third-order valence-electron chi connectivity index (χ3n) is 3.88. The number of nitrogens with zero attached hydrogens (tertiary/aromatic N) is 2. The summed E-state index contributed by atoms with van der Waals surface area (Å²) in [5, 5.41) is 23.6. The van der Waals surface area contributed by atoms with Crippen LogP contribution in [0.1, 0.15) is 32.6 Å². The monoisotopic (exact) mass is 293 g/mol.